The molecule has 2 rings (SSSR count). The van der Waals surface area contributed by atoms with E-state index in [2.05, 4.69) is 22.6 Å². The average molecular weight is 228 g/mol. The van der Waals surface area contributed by atoms with Crippen LogP contribution in [0.3, 0.4) is 0 Å². The first-order valence-corrected chi connectivity index (χ1v) is 5.85. The van der Waals surface area contributed by atoms with E-state index in [9.17, 15) is 4.79 Å². The zero-order valence-corrected chi connectivity index (χ0v) is 9.70. The lowest BCUT2D eigenvalue weighted by molar-refractivity contribution is -0.123. The van der Waals surface area contributed by atoms with Gasteiger partial charge in [-0.15, -0.1) is 12.3 Å². The first-order valence-electron chi connectivity index (χ1n) is 5.85. The molecule has 3 nitrogen and oxygen atoms in total. The molecule has 3 heteroatoms. The summed E-state index contributed by atoms with van der Waals surface area (Å²) in [5.74, 6) is 2.52. The molecular formula is C14H16N2O. The lowest BCUT2D eigenvalue weighted by Gasteiger charge is -2.25. The second kappa shape index (κ2) is 5.51. The van der Waals surface area contributed by atoms with Crippen LogP contribution in [0.15, 0.2) is 24.3 Å². The van der Waals surface area contributed by atoms with Crippen molar-refractivity contribution in [2.75, 3.05) is 13.1 Å². The summed E-state index contributed by atoms with van der Waals surface area (Å²) in [5.41, 5.74) is 2.33. The highest BCUT2D eigenvalue weighted by molar-refractivity contribution is 5.83. The van der Waals surface area contributed by atoms with Gasteiger partial charge in [0.05, 0.1) is 0 Å². The third-order valence-corrected chi connectivity index (χ3v) is 2.94. The van der Waals surface area contributed by atoms with Crippen molar-refractivity contribution in [2.24, 2.45) is 0 Å². The normalized spacial score (nSPS) is 17.9. The summed E-state index contributed by atoms with van der Waals surface area (Å²) in [5, 5.41) is 6.09. The molecule has 1 aliphatic rings. The van der Waals surface area contributed by atoms with Gasteiger partial charge in [0.2, 0.25) is 5.91 Å². The Bertz CT molecular complexity index is 448. The quantitative estimate of drug-likeness (QED) is 0.599. The minimum absolute atomic E-state index is 0.00685. The lowest BCUT2D eigenvalue weighted by Crippen LogP contribution is -2.41. The van der Waals surface area contributed by atoms with Crippen molar-refractivity contribution in [3.05, 3.63) is 35.4 Å². The van der Waals surface area contributed by atoms with Crippen LogP contribution >= 0.6 is 0 Å². The number of benzene rings is 1. The van der Waals surface area contributed by atoms with Gasteiger partial charge >= 0.3 is 0 Å². The summed E-state index contributed by atoms with van der Waals surface area (Å²) < 4.78 is 0. The van der Waals surface area contributed by atoms with E-state index in [0.29, 0.717) is 13.0 Å². The summed E-state index contributed by atoms with van der Waals surface area (Å²) in [6, 6.07) is 7.83. The van der Waals surface area contributed by atoms with E-state index in [1.165, 1.54) is 5.56 Å². The van der Waals surface area contributed by atoms with Gasteiger partial charge < -0.3 is 10.6 Å². The van der Waals surface area contributed by atoms with E-state index in [-0.39, 0.29) is 11.9 Å². The van der Waals surface area contributed by atoms with E-state index in [4.69, 9.17) is 6.42 Å². The van der Waals surface area contributed by atoms with Crippen LogP contribution in [-0.2, 0) is 11.2 Å². The van der Waals surface area contributed by atoms with Crippen molar-refractivity contribution in [2.45, 2.75) is 18.9 Å². The van der Waals surface area contributed by atoms with E-state index >= 15 is 0 Å². The van der Waals surface area contributed by atoms with Crippen molar-refractivity contribution in [3.8, 4) is 12.3 Å². The predicted molar refractivity (Wildman–Crippen MR) is 67.3 cm³/mol. The maximum Gasteiger partial charge on any atom is 0.241 e. The van der Waals surface area contributed by atoms with Crippen molar-refractivity contribution >= 4 is 5.91 Å². The van der Waals surface area contributed by atoms with Gasteiger partial charge in [-0.05, 0) is 17.5 Å². The number of hydrogen-bond acceptors (Lipinski definition) is 2. The van der Waals surface area contributed by atoms with Gasteiger partial charge in [0, 0.05) is 19.5 Å². The highest BCUT2D eigenvalue weighted by Crippen LogP contribution is 2.22. The maximum atomic E-state index is 12.0. The Balaban J connectivity index is 2.08. The topological polar surface area (TPSA) is 41.1 Å². The van der Waals surface area contributed by atoms with Gasteiger partial charge in [-0.2, -0.15) is 0 Å². The van der Waals surface area contributed by atoms with Crippen LogP contribution in [0.25, 0.3) is 0 Å². The van der Waals surface area contributed by atoms with Crippen molar-refractivity contribution < 1.29 is 4.79 Å². The minimum Gasteiger partial charge on any atom is -0.353 e. The molecule has 0 fully saturated rings. The van der Waals surface area contributed by atoms with E-state index in [0.717, 1.165) is 18.5 Å². The third kappa shape index (κ3) is 2.66. The van der Waals surface area contributed by atoms with Gasteiger partial charge in [0.1, 0.15) is 6.04 Å². The predicted octanol–water partition coefficient (Wildman–Crippen LogP) is 1.01. The molecular weight excluding hydrogens is 212 g/mol. The second-order valence-corrected chi connectivity index (χ2v) is 4.08. The Morgan fingerprint density at radius 1 is 1.53 bits per heavy atom. The molecule has 0 aromatic heterocycles. The molecule has 1 aliphatic heterocycles. The number of fused-ring (bicyclic) bond motifs is 1. The molecule has 1 heterocycles. The Morgan fingerprint density at radius 3 is 3.18 bits per heavy atom. The van der Waals surface area contributed by atoms with Crippen LogP contribution in [0.1, 0.15) is 23.6 Å². The summed E-state index contributed by atoms with van der Waals surface area (Å²) in [4.78, 5) is 12.0. The molecule has 1 amide bonds. The molecule has 0 saturated heterocycles. The molecule has 1 aromatic carbocycles. The number of terminal acetylenes is 1. The average Bonchev–Trinajstić information content (AvgIpc) is 2.38. The van der Waals surface area contributed by atoms with Crippen LogP contribution in [0.4, 0.5) is 0 Å². The van der Waals surface area contributed by atoms with Crippen LogP contribution in [0, 0.1) is 12.3 Å². The largest absolute Gasteiger partial charge is 0.353 e. The minimum atomic E-state index is -0.238. The molecule has 1 unspecified atom stereocenters. The SMILES string of the molecule is C#CCCNC(=O)C1NCCc2ccccc21. The number of nitrogens with one attached hydrogen (secondary N) is 2. The monoisotopic (exact) mass is 228 g/mol. The molecule has 0 radical (unpaired) electrons. The summed E-state index contributed by atoms with van der Waals surface area (Å²) in [6.45, 7) is 1.37. The van der Waals surface area contributed by atoms with Crippen LogP contribution in [0.2, 0.25) is 0 Å². The van der Waals surface area contributed by atoms with E-state index in [1.54, 1.807) is 0 Å². The maximum absolute atomic E-state index is 12.0. The Hall–Kier alpha value is -1.79. The van der Waals surface area contributed by atoms with E-state index in [1.807, 2.05) is 18.2 Å². The molecule has 1 aromatic rings. The van der Waals surface area contributed by atoms with E-state index < -0.39 is 0 Å². The Labute approximate surface area is 102 Å². The first kappa shape index (κ1) is 11.7. The number of hydrogen-bond donors (Lipinski definition) is 2. The van der Waals surface area contributed by atoms with Gasteiger partial charge in [-0.1, -0.05) is 24.3 Å². The fourth-order valence-electron chi connectivity index (χ4n) is 2.10. The Kier molecular flexibility index (Phi) is 3.79. The second-order valence-electron chi connectivity index (χ2n) is 4.08. The molecule has 17 heavy (non-hydrogen) atoms. The Morgan fingerprint density at radius 2 is 2.35 bits per heavy atom. The fraction of sp³-hybridized carbons (Fsp3) is 0.357. The summed E-state index contributed by atoms with van der Waals surface area (Å²) >= 11 is 0. The molecule has 0 bridgehead atoms. The fourth-order valence-corrected chi connectivity index (χ4v) is 2.10. The highest BCUT2D eigenvalue weighted by Gasteiger charge is 2.24. The number of carbonyl (C=O) groups is 1. The van der Waals surface area contributed by atoms with Crippen LogP contribution < -0.4 is 10.6 Å². The van der Waals surface area contributed by atoms with Crippen molar-refractivity contribution in [3.63, 3.8) is 0 Å². The van der Waals surface area contributed by atoms with Crippen molar-refractivity contribution in [1.82, 2.24) is 10.6 Å². The molecule has 88 valence electrons. The zero-order valence-electron chi connectivity index (χ0n) is 9.70. The van der Waals surface area contributed by atoms with Gasteiger partial charge in [0.15, 0.2) is 0 Å². The van der Waals surface area contributed by atoms with Gasteiger partial charge in [-0.3, -0.25) is 4.79 Å². The smallest absolute Gasteiger partial charge is 0.241 e. The lowest BCUT2D eigenvalue weighted by atomic mass is 9.94. The number of rotatable bonds is 3. The third-order valence-electron chi connectivity index (χ3n) is 2.94. The molecule has 0 spiro atoms. The highest BCUT2D eigenvalue weighted by atomic mass is 16.2. The molecule has 0 saturated carbocycles. The van der Waals surface area contributed by atoms with Gasteiger partial charge in [-0.25, -0.2) is 0 Å². The number of carbonyl (C=O) groups excluding carboxylic acids is 1. The van der Waals surface area contributed by atoms with Gasteiger partial charge in [0.25, 0.3) is 0 Å². The summed E-state index contributed by atoms with van der Waals surface area (Å²) in [6.07, 6.45) is 6.70. The molecule has 1 atom stereocenters. The summed E-state index contributed by atoms with van der Waals surface area (Å²) in [7, 11) is 0. The standard InChI is InChI=1S/C14H16N2O/c1-2-3-9-16-14(17)13-12-7-5-4-6-11(12)8-10-15-13/h1,4-7,13,15H,3,8-10H2,(H,16,17). The van der Waals surface area contributed by atoms with Crippen LogP contribution in [-0.4, -0.2) is 19.0 Å². The zero-order chi connectivity index (χ0) is 12.1. The van der Waals surface area contributed by atoms with Crippen LogP contribution in [0.5, 0.6) is 0 Å². The van der Waals surface area contributed by atoms with Crippen molar-refractivity contribution in [1.29, 1.82) is 0 Å². The molecule has 2 N–H and O–H groups in total. The number of amides is 1. The molecule has 0 aliphatic carbocycles. The first-order chi connectivity index (χ1) is 8.33.